The van der Waals surface area contributed by atoms with Crippen LogP contribution in [0.4, 0.5) is 17.6 Å². The number of amides is 1. The van der Waals surface area contributed by atoms with E-state index in [-0.39, 0.29) is 28.4 Å². The Morgan fingerprint density at radius 2 is 1.94 bits per heavy atom. The average molecular weight is 528 g/mol. The van der Waals surface area contributed by atoms with Gasteiger partial charge in [0.2, 0.25) is 0 Å². The van der Waals surface area contributed by atoms with E-state index in [9.17, 15) is 27.2 Å². The summed E-state index contributed by atoms with van der Waals surface area (Å²) in [6, 6.07) is 6.57. The summed E-state index contributed by atoms with van der Waals surface area (Å²) in [4.78, 5) is 30.4. The van der Waals surface area contributed by atoms with Gasteiger partial charge in [-0.05, 0) is 58.6 Å². The maximum atomic E-state index is 15.0. The third kappa shape index (κ3) is 4.39. The Morgan fingerprint density at radius 3 is 2.58 bits per heavy atom. The second kappa shape index (κ2) is 8.86. The van der Waals surface area contributed by atoms with Gasteiger partial charge in [-0.15, -0.1) is 0 Å². The van der Waals surface area contributed by atoms with Crippen molar-refractivity contribution in [2.24, 2.45) is 0 Å². The van der Waals surface area contributed by atoms with E-state index < -0.39 is 33.6 Å². The van der Waals surface area contributed by atoms with E-state index in [2.05, 4.69) is 20.9 Å². The molecule has 33 heavy (non-hydrogen) atoms. The molecule has 0 spiro atoms. The van der Waals surface area contributed by atoms with Crippen LogP contribution in [0, 0.1) is 5.82 Å². The largest absolute Gasteiger partial charge is 0.434 e. The van der Waals surface area contributed by atoms with Crippen LogP contribution in [0.3, 0.4) is 0 Å². The quantitative estimate of drug-likeness (QED) is 0.469. The maximum absolute atomic E-state index is 15.0. The van der Waals surface area contributed by atoms with Gasteiger partial charge in [-0.1, -0.05) is 6.07 Å². The minimum absolute atomic E-state index is 0.0706. The van der Waals surface area contributed by atoms with E-state index in [0.29, 0.717) is 26.1 Å². The molecular formula is C22H18BrF4N3O3. The van der Waals surface area contributed by atoms with Crippen LogP contribution in [-0.4, -0.2) is 46.5 Å². The van der Waals surface area contributed by atoms with Crippen LogP contribution in [0.1, 0.15) is 28.9 Å². The standard InChI is InChI=1S/C22H18BrF4N3O3/c1-29(13-6-9-33-10-7-13)20(31)15-5-4-12(11-16(15)24)14-3-2-8-30-19(14)28-18(22(25,26)27)17(23)21(30)32/h2-5,8,11,13H,6-7,9-10H2,1H3. The van der Waals surface area contributed by atoms with Gasteiger partial charge < -0.3 is 9.64 Å². The molecule has 0 aliphatic carbocycles. The first-order valence-electron chi connectivity index (χ1n) is 10.0. The normalized spacial score (nSPS) is 15.1. The van der Waals surface area contributed by atoms with Gasteiger partial charge in [0, 0.05) is 38.1 Å². The summed E-state index contributed by atoms with van der Waals surface area (Å²) in [6.45, 7) is 1.04. The smallest absolute Gasteiger partial charge is 0.381 e. The Kier molecular flexibility index (Phi) is 6.28. The zero-order valence-electron chi connectivity index (χ0n) is 17.3. The van der Waals surface area contributed by atoms with Crippen LogP contribution in [0.25, 0.3) is 16.8 Å². The summed E-state index contributed by atoms with van der Waals surface area (Å²) >= 11 is 2.68. The Morgan fingerprint density at radius 1 is 1.24 bits per heavy atom. The number of benzene rings is 1. The van der Waals surface area contributed by atoms with Gasteiger partial charge in [-0.25, -0.2) is 9.37 Å². The second-order valence-electron chi connectivity index (χ2n) is 7.65. The summed E-state index contributed by atoms with van der Waals surface area (Å²) in [5, 5.41) is 0. The molecule has 0 saturated carbocycles. The SMILES string of the molecule is CN(C(=O)c1ccc(-c2cccn3c(=O)c(Br)c(C(F)(F)F)nc23)cc1F)C1CCOCC1. The lowest BCUT2D eigenvalue weighted by molar-refractivity contribution is -0.141. The third-order valence-corrected chi connectivity index (χ3v) is 6.35. The van der Waals surface area contributed by atoms with Crippen LogP contribution >= 0.6 is 15.9 Å². The highest BCUT2D eigenvalue weighted by atomic mass is 79.9. The Labute approximate surface area is 193 Å². The van der Waals surface area contributed by atoms with Crippen molar-refractivity contribution in [1.29, 1.82) is 0 Å². The first kappa shape index (κ1) is 23.4. The zero-order chi connectivity index (χ0) is 23.9. The van der Waals surface area contributed by atoms with Crippen molar-refractivity contribution in [1.82, 2.24) is 14.3 Å². The van der Waals surface area contributed by atoms with Gasteiger partial charge in [-0.3, -0.25) is 14.0 Å². The van der Waals surface area contributed by atoms with Crippen molar-refractivity contribution >= 4 is 27.5 Å². The summed E-state index contributed by atoms with van der Waals surface area (Å²) in [5.41, 5.74) is -2.46. The number of aromatic nitrogens is 2. The van der Waals surface area contributed by atoms with E-state index in [1.54, 1.807) is 7.05 Å². The van der Waals surface area contributed by atoms with Crippen molar-refractivity contribution in [2.45, 2.75) is 25.1 Å². The van der Waals surface area contributed by atoms with E-state index >= 15 is 0 Å². The van der Waals surface area contributed by atoms with Gasteiger partial charge in [0.15, 0.2) is 5.69 Å². The molecule has 1 aliphatic rings. The second-order valence-corrected chi connectivity index (χ2v) is 8.44. The molecule has 11 heteroatoms. The van der Waals surface area contributed by atoms with Crippen molar-refractivity contribution in [2.75, 3.05) is 20.3 Å². The van der Waals surface area contributed by atoms with Crippen LogP contribution < -0.4 is 5.56 Å². The van der Waals surface area contributed by atoms with Gasteiger partial charge in [0.05, 0.1) is 5.56 Å². The minimum atomic E-state index is -4.86. The van der Waals surface area contributed by atoms with Crippen LogP contribution in [0.15, 0.2) is 45.8 Å². The molecule has 174 valence electrons. The fourth-order valence-electron chi connectivity index (χ4n) is 3.84. The number of nitrogens with zero attached hydrogens (tertiary/aromatic N) is 3. The molecule has 1 aromatic carbocycles. The summed E-state index contributed by atoms with van der Waals surface area (Å²) in [6.07, 6.45) is -2.29. The van der Waals surface area contributed by atoms with E-state index in [4.69, 9.17) is 4.74 Å². The number of carbonyl (C=O) groups is 1. The van der Waals surface area contributed by atoms with E-state index in [1.165, 1.54) is 35.4 Å². The molecule has 6 nitrogen and oxygen atoms in total. The number of hydrogen-bond donors (Lipinski definition) is 0. The first-order chi connectivity index (χ1) is 15.6. The molecule has 3 heterocycles. The lowest BCUT2D eigenvalue weighted by Crippen LogP contribution is -2.40. The molecule has 0 radical (unpaired) electrons. The maximum Gasteiger partial charge on any atom is 0.434 e. The lowest BCUT2D eigenvalue weighted by Gasteiger charge is -2.31. The number of fused-ring (bicyclic) bond motifs is 1. The molecule has 0 unspecified atom stereocenters. The molecule has 0 atom stereocenters. The number of hydrogen-bond acceptors (Lipinski definition) is 4. The molecule has 2 aromatic heterocycles. The van der Waals surface area contributed by atoms with Crippen molar-refractivity contribution < 1.29 is 27.1 Å². The predicted molar refractivity (Wildman–Crippen MR) is 115 cm³/mol. The average Bonchev–Trinajstić information content (AvgIpc) is 2.79. The van der Waals surface area contributed by atoms with Crippen molar-refractivity contribution in [3.8, 4) is 11.1 Å². The molecule has 4 rings (SSSR count). The Bertz CT molecular complexity index is 1290. The summed E-state index contributed by atoms with van der Waals surface area (Å²) < 4.78 is 60.6. The van der Waals surface area contributed by atoms with Gasteiger partial charge in [0.25, 0.3) is 11.5 Å². The topological polar surface area (TPSA) is 63.9 Å². The molecule has 1 fully saturated rings. The monoisotopic (exact) mass is 527 g/mol. The number of halogens is 5. The van der Waals surface area contributed by atoms with Crippen molar-refractivity contribution in [3.05, 3.63) is 68.4 Å². The molecule has 0 bridgehead atoms. The van der Waals surface area contributed by atoms with Gasteiger partial charge >= 0.3 is 6.18 Å². The van der Waals surface area contributed by atoms with E-state index in [0.717, 1.165) is 10.5 Å². The van der Waals surface area contributed by atoms with Crippen molar-refractivity contribution in [3.63, 3.8) is 0 Å². The third-order valence-electron chi connectivity index (χ3n) is 5.64. The van der Waals surface area contributed by atoms with Crippen LogP contribution in [0.5, 0.6) is 0 Å². The Balaban J connectivity index is 1.76. The van der Waals surface area contributed by atoms with Gasteiger partial charge in [-0.2, -0.15) is 13.2 Å². The number of ether oxygens (including phenoxy) is 1. The molecule has 0 N–H and O–H groups in total. The lowest BCUT2D eigenvalue weighted by atomic mass is 10.0. The van der Waals surface area contributed by atoms with Crippen LogP contribution in [-0.2, 0) is 10.9 Å². The van der Waals surface area contributed by atoms with Gasteiger partial charge in [0.1, 0.15) is 15.9 Å². The number of pyridine rings is 1. The number of rotatable bonds is 3. The fraction of sp³-hybridized carbons (Fsp3) is 0.318. The van der Waals surface area contributed by atoms with Crippen LogP contribution in [0.2, 0.25) is 0 Å². The predicted octanol–water partition coefficient (Wildman–Crippen LogP) is 4.53. The molecule has 1 amide bonds. The molecular weight excluding hydrogens is 510 g/mol. The number of carbonyl (C=O) groups excluding carboxylic acids is 1. The molecule has 3 aromatic rings. The highest BCUT2D eigenvalue weighted by Crippen LogP contribution is 2.33. The molecule has 1 saturated heterocycles. The number of alkyl halides is 3. The zero-order valence-corrected chi connectivity index (χ0v) is 18.9. The highest BCUT2D eigenvalue weighted by Gasteiger charge is 2.37. The highest BCUT2D eigenvalue weighted by molar-refractivity contribution is 9.10. The summed E-state index contributed by atoms with van der Waals surface area (Å²) in [5.74, 6) is -1.32. The fourth-order valence-corrected chi connectivity index (χ4v) is 4.34. The Hall–Kier alpha value is -2.79. The first-order valence-corrected chi connectivity index (χ1v) is 10.8. The molecule has 1 aliphatic heterocycles. The summed E-state index contributed by atoms with van der Waals surface area (Å²) in [7, 11) is 1.60. The minimum Gasteiger partial charge on any atom is -0.381 e. The van der Waals surface area contributed by atoms with E-state index in [1.807, 2.05) is 0 Å².